The number of nitrogens with zero attached hydrogens (tertiary/aromatic N) is 2. The highest BCUT2D eigenvalue weighted by Gasteiger charge is 2.31. The minimum atomic E-state index is -3.88. The third-order valence-corrected chi connectivity index (χ3v) is 5.73. The van der Waals surface area contributed by atoms with Crippen molar-refractivity contribution < 1.29 is 22.4 Å². The minimum Gasteiger partial charge on any atom is -0.444 e. The van der Waals surface area contributed by atoms with Crippen molar-refractivity contribution in [3.63, 3.8) is 0 Å². The maximum atomic E-state index is 12.6. The molecular formula is C19H26ClN3O5S. The maximum absolute atomic E-state index is 12.6. The molecule has 0 aliphatic rings. The number of hydrogen-bond donors (Lipinski definition) is 1. The number of ether oxygens (including phenoxy) is 1. The number of alkyl carbamates (subject to hydrolysis) is 1. The third kappa shape index (κ3) is 6.71. The van der Waals surface area contributed by atoms with Gasteiger partial charge >= 0.3 is 11.3 Å². The molecule has 0 aliphatic carbocycles. The molecule has 8 nitrogen and oxygen atoms in total. The summed E-state index contributed by atoms with van der Waals surface area (Å²) in [5.74, 6) is -0.413. The fraction of sp³-hybridized carbons (Fsp3) is 0.526. The van der Waals surface area contributed by atoms with E-state index < -0.39 is 32.8 Å². The number of sulfone groups is 1. The Morgan fingerprint density at radius 2 is 2.00 bits per heavy atom. The first-order chi connectivity index (χ1) is 13.4. The van der Waals surface area contributed by atoms with Gasteiger partial charge in [-0.25, -0.2) is 13.2 Å². The lowest BCUT2D eigenvalue weighted by atomic mass is 9.99. The molecule has 0 fully saturated rings. The first-order valence-electron chi connectivity index (χ1n) is 9.21. The van der Waals surface area contributed by atoms with Gasteiger partial charge in [-0.05, 0) is 44.4 Å². The van der Waals surface area contributed by atoms with Crippen molar-refractivity contribution in [3.05, 3.63) is 40.7 Å². The van der Waals surface area contributed by atoms with Crippen molar-refractivity contribution in [1.29, 1.82) is 0 Å². The SMILES string of the molecule is CC[C@H](C)[C@@H](NC(=O)OC(C)(C)C)c1nnc(S(=O)(=O)Cc2cccc(Cl)c2)o1. The van der Waals surface area contributed by atoms with Crippen molar-refractivity contribution in [1.82, 2.24) is 15.5 Å². The molecule has 0 spiro atoms. The average Bonchev–Trinajstić information content (AvgIpc) is 3.08. The number of nitrogens with one attached hydrogen (secondary N) is 1. The highest BCUT2D eigenvalue weighted by molar-refractivity contribution is 7.90. The van der Waals surface area contributed by atoms with Crippen LogP contribution in [0.1, 0.15) is 58.5 Å². The molecule has 2 aromatic rings. The van der Waals surface area contributed by atoms with Crippen LogP contribution in [0.25, 0.3) is 0 Å². The molecule has 0 radical (unpaired) electrons. The maximum Gasteiger partial charge on any atom is 0.408 e. The fourth-order valence-corrected chi connectivity index (χ4v) is 3.83. The number of rotatable bonds is 7. The lowest BCUT2D eigenvalue weighted by molar-refractivity contribution is 0.0473. The zero-order valence-electron chi connectivity index (χ0n) is 17.1. The molecule has 0 aliphatic heterocycles. The van der Waals surface area contributed by atoms with E-state index in [4.69, 9.17) is 20.8 Å². The Morgan fingerprint density at radius 3 is 2.59 bits per heavy atom. The van der Waals surface area contributed by atoms with Crippen molar-refractivity contribution in [3.8, 4) is 0 Å². The summed E-state index contributed by atoms with van der Waals surface area (Å²) in [4.78, 5) is 12.2. The molecule has 0 saturated heterocycles. The second-order valence-corrected chi connectivity index (χ2v) is 10.1. The van der Waals surface area contributed by atoms with Crippen LogP contribution in [0.15, 0.2) is 33.9 Å². The molecule has 0 unspecified atom stereocenters. The highest BCUT2D eigenvalue weighted by Crippen LogP contribution is 2.26. The molecule has 29 heavy (non-hydrogen) atoms. The Labute approximate surface area is 175 Å². The van der Waals surface area contributed by atoms with Gasteiger partial charge in [0.1, 0.15) is 11.6 Å². The molecule has 10 heteroatoms. The second-order valence-electron chi connectivity index (χ2n) is 7.80. The van der Waals surface area contributed by atoms with Crippen LogP contribution in [0.4, 0.5) is 4.79 Å². The van der Waals surface area contributed by atoms with Gasteiger partial charge in [-0.3, -0.25) is 0 Å². The summed E-state index contributed by atoms with van der Waals surface area (Å²) in [6.45, 7) is 9.06. The third-order valence-electron chi connectivity index (χ3n) is 4.09. The summed E-state index contributed by atoms with van der Waals surface area (Å²) in [6.07, 6.45) is 0.0392. The highest BCUT2D eigenvalue weighted by atomic mass is 35.5. The fourth-order valence-electron chi connectivity index (χ4n) is 2.50. The summed E-state index contributed by atoms with van der Waals surface area (Å²) in [5, 5.41) is 10.2. The Bertz CT molecular complexity index is 953. The Kier molecular flexibility index (Phi) is 7.29. The van der Waals surface area contributed by atoms with Gasteiger partial charge in [0.2, 0.25) is 15.7 Å². The lowest BCUT2D eigenvalue weighted by Crippen LogP contribution is -2.37. The lowest BCUT2D eigenvalue weighted by Gasteiger charge is -2.24. The standard InChI is InChI=1S/C19H26ClN3O5S/c1-6-12(2)15(21-17(24)28-19(3,4)5)16-22-23-18(27-16)29(25,26)11-13-8-7-9-14(20)10-13/h7-10,12,15H,6,11H2,1-5H3,(H,21,24)/t12-,15+/m0/s1. The van der Waals surface area contributed by atoms with Gasteiger partial charge in [-0.2, -0.15) is 0 Å². The molecule has 2 atom stereocenters. The van der Waals surface area contributed by atoms with Crippen molar-refractivity contribution in [2.75, 3.05) is 0 Å². The molecule has 0 saturated carbocycles. The molecule has 1 heterocycles. The van der Waals surface area contributed by atoms with Gasteiger partial charge in [0.05, 0.1) is 5.75 Å². The van der Waals surface area contributed by atoms with Crippen molar-refractivity contribution in [2.24, 2.45) is 5.92 Å². The van der Waals surface area contributed by atoms with Crippen LogP contribution >= 0.6 is 11.6 Å². The van der Waals surface area contributed by atoms with Crippen LogP contribution in [0, 0.1) is 5.92 Å². The van der Waals surface area contributed by atoms with Crippen molar-refractivity contribution in [2.45, 2.75) is 63.7 Å². The van der Waals surface area contributed by atoms with Gasteiger partial charge in [0.25, 0.3) is 0 Å². The zero-order chi connectivity index (χ0) is 21.8. The number of benzene rings is 1. The molecule has 160 valence electrons. The van der Waals surface area contributed by atoms with Gasteiger partial charge in [0, 0.05) is 5.02 Å². The van der Waals surface area contributed by atoms with E-state index in [9.17, 15) is 13.2 Å². The van der Waals surface area contributed by atoms with E-state index in [1.54, 1.807) is 45.0 Å². The second kappa shape index (κ2) is 9.13. The number of aromatic nitrogens is 2. The summed E-state index contributed by atoms with van der Waals surface area (Å²) >= 11 is 5.91. The van der Waals surface area contributed by atoms with E-state index in [1.165, 1.54) is 0 Å². The average molecular weight is 444 g/mol. The van der Waals surface area contributed by atoms with E-state index in [1.807, 2.05) is 13.8 Å². The Balaban J connectivity index is 2.24. The van der Waals surface area contributed by atoms with Crippen LogP contribution in [0.5, 0.6) is 0 Å². The van der Waals surface area contributed by atoms with E-state index >= 15 is 0 Å². The van der Waals surface area contributed by atoms with E-state index in [0.717, 1.165) is 0 Å². The molecule has 1 N–H and O–H groups in total. The Morgan fingerprint density at radius 1 is 1.31 bits per heavy atom. The minimum absolute atomic E-state index is 0.00915. The normalized spacial score (nSPS) is 14.3. The zero-order valence-corrected chi connectivity index (χ0v) is 18.7. The summed E-state index contributed by atoms with van der Waals surface area (Å²) < 4.78 is 36.0. The smallest absolute Gasteiger partial charge is 0.408 e. The van der Waals surface area contributed by atoms with E-state index in [-0.39, 0.29) is 17.6 Å². The molecule has 1 aromatic carbocycles. The number of halogens is 1. The molecule has 2 rings (SSSR count). The Hall–Kier alpha value is -2.13. The number of amides is 1. The molecular weight excluding hydrogens is 418 g/mol. The van der Waals surface area contributed by atoms with Gasteiger partial charge in [0.15, 0.2) is 0 Å². The molecule has 1 amide bonds. The van der Waals surface area contributed by atoms with Crippen molar-refractivity contribution >= 4 is 27.5 Å². The van der Waals surface area contributed by atoms with Crippen LogP contribution in [0.3, 0.4) is 0 Å². The number of hydrogen-bond acceptors (Lipinski definition) is 7. The van der Waals surface area contributed by atoms with Gasteiger partial charge in [-0.15, -0.1) is 5.10 Å². The van der Waals surface area contributed by atoms with Crippen LogP contribution in [0.2, 0.25) is 5.02 Å². The summed E-state index contributed by atoms with van der Waals surface area (Å²) in [6, 6.07) is 5.84. The first kappa shape index (κ1) is 23.2. The quantitative estimate of drug-likeness (QED) is 0.678. The van der Waals surface area contributed by atoms with E-state index in [2.05, 4.69) is 15.5 Å². The predicted octanol–water partition coefficient (Wildman–Crippen LogP) is 4.31. The summed E-state index contributed by atoms with van der Waals surface area (Å²) in [5.41, 5.74) is -0.174. The molecule has 1 aromatic heterocycles. The van der Waals surface area contributed by atoms with Gasteiger partial charge in [-0.1, -0.05) is 49.1 Å². The monoisotopic (exact) mass is 443 g/mol. The van der Waals surface area contributed by atoms with Crippen LogP contribution in [-0.2, 0) is 20.3 Å². The molecule has 0 bridgehead atoms. The van der Waals surface area contributed by atoms with Crippen LogP contribution < -0.4 is 5.32 Å². The van der Waals surface area contributed by atoms with Crippen LogP contribution in [-0.4, -0.2) is 30.3 Å². The first-order valence-corrected chi connectivity index (χ1v) is 11.2. The topological polar surface area (TPSA) is 111 Å². The summed E-state index contributed by atoms with van der Waals surface area (Å²) in [7, 11) is -3.88. The number of carbonyl (C=O) groups excluding carboxylic acids is 1. The van der Waals surface area contributed by atoms with Gasteiger partial charge < -0.3 is 14.5 Å². The number of carbonyl (C=O) groups is 1. The predicted molar refractivity (Wildman–Crippen MR) is 108 cm³/mol. The van der Waals surface area contributed by atoms with E-state index in [0.29, 0.717) is 17.0 Å². The largest absolute Gasteiger partial charge is 0.444 e.